The molecule has 4 aromatic rings. The average Bonchev–Trinajstić information content (AvgIpc) is 3.00. The second kappa shape index (κ2) is 16.6. The molecule has 244 valence electrons. The van der Waals surface area contributed by atoms with E-state index in [9.17, 15) is 13.0 Å². The number of nitrogens with zero attached hydrogens (tertiary/aromatic N) is 6. The molecule has 4 rings (SSSR count). The van der Waals surface area contributed by atoms with Gasteiger partial charge in [-0.2, -0.15) is 38.3 Å². The molecular weight excluding hydrogens is 691 g/mol. The van der Waals surface area contributed by atoms with Crippen LogP contribution in [0.2, 0.25) is 10.6 Å². The van der Waals surface area contributed by atoms with E-state index in [-0.39, 0.29) is 71.9 Å². The number of aliphatic hydroxyl groups is 2. The van der Waals surface area contributed by atoms with Gasteiger partial charge in [0, 0.05) is 29.4 Å². The van der Waals surface area contributed by atoms with Crippen LogP contribution in [0.1, 0.15) is 11.1 Å². The first kappa shape index (κ1) is 34.9. The Morgan fingerprint density at radius 3 is 1.78 bits per heavy atom. The van der Waals surface area contributed by atoms with Crippen LogP contribution in [0.4, 0.5) is 35.2 Å². The largest absolute Gasteiger partial charge is 0.395 e. The standard InChI is InChI=1S/C24H24Cl2N10O8S2/c25-19-31-21(27-7-9-37)35-23(33-19)29-15-5-3-13(17(11-15)45-44-43-39)1-2-14-4-6-16(12-18(14)46(40,41)42)30-24-34-20(26)32-22(36-24)28-8-10-38/h1-6,11-12,37-39H,7-10H2,(H,40,41,42)(H2,27,29,31,33,35)(H2,28,30,32,34,36)/b2-1+. The average molecular weight is 716 g/mol. The van der Waals surface area contributed by atoms with Crippen LogP contribution >= 0.6 is 35.2 Å². The number of nitrogens with one attached hydrogen (secondary N) is 4. The summed E-state index contributed by atoms with van der Waals surface area (Å²) in [6.45, 7) is 0.0223. The molecule has 0 unspecified atom stereocenters. The highest BCUT2D eigenvalue weighted by atomic mass is 35.5. The van der Waals surface area contributed by atoms with Gasteiger partial charge in [0.1, 0.15) is 4.90 Å². The number of aliphatic hydroxyl groups excluding tert-OH is 2. The van der Waals surface area contributed by atoms with E-state index in [4.69, 9.17) is 38.7 Å². The first-order chi connectivity index (χ1) is 22.1. The molecule has 46 heavy (non-hydrogen) atoms. The maximum atomic E-state index is 12.3. The highest BCUT2D eigenvalue weighted by Crippen LogP contribution is 2.31. The van der Waals surface area contributed by atoms with Crippen molar-refractivity contribution in [2.75, 3.05) is 47.6 Å². The van der Waals surface area contributed by atoms with E-state index in [1.165, 1.54) is 30.4 Å². The van der Waals surface area contributed by atoms with Gasteiger partial charge in [-0.05, 0) is 58.6 Å². The van der Waals surface area contributed by atoms with Crippen LogP contribution in [-0.4, -0.2) is 84.6 Å². The van der Waals surface area contributed by atoms with Crippen LogP contribution in [0.25, 0.3) is 12.2 Å². The molecule has 0 saturated heterocycles. The lowest BCUT2D eigenvalue weighted by molar-refractivity contribution is -0.432. The third-order valence-corrected chi connectivity index (χ3v) is 7.33. The number of halogens is 2. The molecule has 0 fully saturated rings. The van der Waals surface area contributed by atoms with Crippen molar-refractivity contribution in [3.05, 3.63) is 58.1 Å². The Labute approximate surface area is 275 Å². The third-order valence-electron chi connectivity index (χ3n) is 5.42. The van der Waals surface area contributed by atoms with E-state index in [2.05, 4.69) is 60.5 Å². The lowest BCUT2D eigenvalue weighted by Gasteiger charge is -2.11. The van der Waals surface area contributed by atoms with Gasteiger partial charge in [0.05, 0.1) is 25.3 Å². The summed E-state index contributed by atoms with van der Waals surface area (Å²) in [5.74, 6) is 0.273. The molecule has 0 aliphatic carbocycles. The van der Waals surface area contributed by atoms with Gasteiger partial charge in [-0.1, -0.05) is 29.3 Å². The first-order valence-electron chi connectivity index (χ1n) is 12.7. The van der Waals surface area contributed by atoms with Crippen LogP contribution in [-0.2, 0) is 19.5 Å². The van der Waals surface area contributed by atoms with Crippen molar-refractivity contribution < 1.29 is 37.8 Å². The van der Waals surface area contributed by atoms with Crippen LogP contribution < -0.4 is 21.3 Å². The molecular formula is C24H24Cl2N10O8S2. The summed E-state index contributed by atoms with van der Waals surface area (Å²) in [4.78, 5) is 24.0. The van der Waals surface area contributed by atoms with E-state index >= 15 is 0 Å². The molecule has 0 radical (unpaired) electrons. The fourth-order valence-electron chi connectivity index (χ4n) is 3.59. The number of hydrogen-bond acceptors (Lipinski definition) is 18. The first-order valence-corrected chi connectivity index (χ1v) is 15.7. The van der Waals surface area contributed by atoms with E-state index in [1.807, 2.05) is 0 Å². The number of hydrogen-bond donors (Lipinski definition) is 8. The fraction of sp³-hybridized carbons (Fsp3) is 0.167. The molecule has 0 amide bonds. The van der Waals surface area contributed by atoms with Crippen LogP contribution in [0.5, 0.6) is 0 Å². The Balaban J connectivity index is 1.60. The third kappa shape index (κ3) is 10.3. The molecule has 0 spiro atoms. The SMILES string of the molecule is O=S(=O)(O)c1cc(Nc2nc(Cl)nc(NCCO)n2)ccc1/C=C/c1ccc(Nc2nc(Cl)nc(NCCO)n2)cc1SOOO. The maximum Gasteiger partial charge on any atom is 0.295 e. The molecule has 2 heterocycles. The summed E-state index contributed by atoms with van der Waals surface area (Å²) in [6.07, 6.45) is 2.96. The number of rotatable bonds is 16. The van der Waals surface area contributed by atoms with Crippen molar-refractivity contribution in [1.29, 1.82) is 0 Å². The van der Waals surface area contributed by atoms with Gasteiger partial charge < -0.3 is 31.5 Å². The molecule has 0 aliphatic heterocycles. The molecule has 2 aromatic heterocycles. The topological polar surface area (TPSA) is 259 Å². The summed E-state index contributed by atoms with van der Waals surface area (Å²) >= 11 is 12.5. The molecule has 22 heteroatoms. The van der Waals surface area contributed by atoms with Crippen molar-refractivity contribution in [1.82, 2.24) is 29.9 Å². The van der Waals surface area contributed by atoms with Crippen molar-refractivity contribution >= 4 is 92.7 Å². The Morgan fingerprint density at radius 1 is 0.761 bits per heavy atom. The van der Waals surface area contributed by atoms with Gasteiger partial charge in [-0.25, -0.2) is 5.26 Å². The van der Waals surface area contributed by atoms with Crippen molar-refractivity contribution in [2.24, 2.45) is 0 Å². The second-order valence-electron chi connectivity index (χ2n) is 8.59. The summed E-state index contributed by atoms with van der Waals surface area (Å²) < 4.78 is 39.2. The van der Waals surface area contributed by atoms with Gasteiger partial charge in [-0.15, -0.1) is 4.33 Å². The minimum Gasteiger partial charge on any atom is -0.395 e. The monoisotopic (exact) mass is 714 g/mol. The van der Waals surface area contributed by atoms with E-state index < -0.39 is 15.0 Å². The van der Waals surface area contributed by atoms with E-state index in [1.54, 1.807) is 18.2 Å². The minimum absolute atomic E-state index is 0.0245. The minimum atomic E-state index is -4.71. The maximum absolute atomic E-state index is 12.3. The van der Waals surface area contributed by atoms with Crippen LogP contribution in [0.15, 0.2) is 46.2 Å². The predicted molar refractivity (Wildman–Crippen MR) is 170 cm³/mol. The zero-order valence-corrected chi connectivity index (χ0v) is 26.3. The summed E-state index contributed by atoms with van der Waals surface area (Å²) in [5, 5.41) is 41.5. The number of aromatic nitrogens is 6. The Bertz CT molecular complexity index is 1810. The Hall–Kier alpha value is -3.96. The van der Waals surface area contributed by atoms with E-state index in [0.717, 1.165) is 0 Å². The van der Waals surface area contributed by atoms with Gasteiger partial charge in [0.2, 0.25) is 34.4 Å². The summed E-state index contributed by atoms with van der Waals surface area (Å²) in [6, 6.07) is 8.97. The van der Waals surface area contributed by atoms with Gasteiger partial charge in [0.15, 0.2) is 0 Å². The predicted octanol–water partition coefficient (Wildman–Crippen LogP) is 3.50. The highest BCUT2D eigenvalue weighted by Gasteiger charge is 2.17. The van der Waals surface area contributed by atoms with Crippen LogP contribution in [0, 0.1) is 0 Å². The van der Waals surface area contributed by atoms with Crippen molar-refractivity contribution in [3.8, 4) is 0 Å². The molecule has 0 aliphatic rings. The van der Waals surface area contributed by atoms with Gasteiger partial charge in [0.25, 0.3) is 10.1 Å². The van der Waals surface area contributed by atoms with Crippen molar-refractivity contribution in [2.45, 2.75) is 9.79 Å². The fourth-order valence-corrected chi connectivity index (χ4v) is 5.13. The molecule has 0 saturated carbocycles. The quantitative estimate of drug-likeness (QED) is 0.0271. The normalized spacial score (nSPS) is 11.5. The number of anilines is 6. The smallest absolute Gasteiger partial charge is 0.295 e. The lowest BCUT2D eigenvalue weighted by Crippen LogP contribution is -2.11. The molecule has 0 bridgehead atoms. The van der Waals surface area contributed by atoms with Crippen LogP contribution in [0.3, 0.4) is 0 Å². The van der Waals surface area contributed by atoms with Crippen molar-refractivity contribution in [3.63, 3.8) is 0 Å². The second-order valence-corrected chi connectivity index (χ2v) is 11.4. The van der Waals surface area contributed by atoms with E-state index in [0.29, 0.717) is 28.2 Å². The van der Waals surface area contributed by atoms with Gasteiger partial charge in [-0.3, -0.25) is 4.55 Å². The number of benzene rings is 2. The summed E-state index contributed by atoms with van der Waals surface area (Å²) in [5.41, 5.74) is 1.26. The summed E-state index contributed by atoms with van der Waals surface area (Å²) in [7, 11) is -4.71. The molecule has 18 nitrogen and oxygen atoms in total. The highest BCUT2D eigenvalue weighted by molar-refractivity contribution is 7.94. The van der Waals surface area contributed by atoms with Gasteiger partial charge >= 0.3 is 0 Å². The Kier molecular flexibility index (Phi) is 12.6. The zero-order chi connectivity index (χ0) is 33.1. The Morgan fingerprint density at radius 2 is 1.26 bits per heavy atom. The zero-order valence-electron chi connectivity index (χ0n) is 23.1. The molecule has 2 aromatic carbocycles. The lowest BCUT2D eigenvalue weighted by atomic mass is 10.1. The molecule has 0 atom stereocenters. The molecule has 8 N–H and O–H groups in total.